The Kier molecular flexibility index (Phi) is 4.73. The van der Waals surface area contributed by atoms with Gasteiger partial charge in [0.1, 0.15) is 11.5 Å². The van der Waals surface area contributed by atoms with Gasteiger partial charge in [-0.05, 0) is 11.6 Å². The second kappa shape index (κ2) is 6.71. The van der Waals surface area contributed by atoms with E-state index in [2.05, 4.69) is 9.97 Å². The van der Waals surface area contributed by atoms with Gasteiger partial charge < -0.3 is 14.8 Å². The van der Waals surface area contributed by atoms with Crippen LogP contribution in [0, 0.1) is 0 Å². The minimum atomic E-state index is -0.240. The molecule has 6 heteroatoms. The molecule has 0 bridgehead atoms. The van der Waals surface area contributed by atoms with E-state index in [0.29, 0.717) is 18.1 Å². The van der Waals surface area contributed by atoms with Gasteiger partial charge in [-0.2, -0.15) is 0 Å². The Labute approximate surface area is 129 Å². The van der Waals surface area contributed by atoms with Gasteiger partial charge in [0, 0.05) is 21.1 Å². The minimum Gasteiger partial charge on any atom is -0.343 e. The fraction of sp³-hybridized carbons (Fsp3) is 0.188. The SMILES string of the molecule is CN(C)C(=O)c1[nH]c(/C=C/c2ccccc2)nc1N(C)C=O. The van der Waals surface area contributed by atoms with Crippen molar-refractivity contribution in [1.82, 2.24) is 14.9 Å². The zero-order valence-electron chi connectivity index (χ0n) is 12.8. The molecular formula is C16H18N4O2. The van der Waals surface area contributed by atoms with Crippen LogP contribution in [-0.4, -0.2) is 48.3 Å². The lowest BCUT2D eigenvalue weighted by atomic mass is 10.2. The fourth-order valence-electron chi connectivity index (χ4n) is 1.88. The third-order valence-electron chi connectivity index (χ3n) is 3.05. The highest BCUT2D eigenvalue weighted by atomic mass is 16.2. The average Bonchev–Trinajstić information content (AvgIpc) is 2.96. The molecule has 2 rings (SSSR count). The number of nitrogens with zero attached hydrogens (tertiary/aromatic N) is 3. The molecule has 0 aliphatic carbocycles. The summed E-state index contributed by atoms with van der Waals surface area (Å²) < 4.78 is 0. The van der Waals surface area contributed by atoms with E-state index in [0.717, 1.165) is 5.56 Å². The lowest BCUT2D eigenvalue weighted by molar-refractivity contribution is -0.107. The molecule has 0 saturated heterocycles. The van der Waals surface area contributed by atoms with Crippen LogP contribution >= 0.6 is 0 Å². The van der Waals surface area contributed by atoms with Gasteiger partial charge in [0.05, 0.1) is 0 Å². The van der Waals surface area contributed by atoms with Crippen LogP contribution in [0.1, 0.15) is 21.9 Å². The van der Waals surface area contributed by atoms with Gasteiger partial charge in [-0.25, -0.2) is 4.98 Å². The predicted octanol–water partition coefficient (Wildman–Crippen LogP) is 1.87. The number of anilines is 1. The van der Waals surface area contributed by atoms with Gasteiger partial charge in [-0.3, -0.25) is 9.59 Å². The maximum absolute atomic E-state index is 12.2. The lowest BCUT2D eigenvalue weighted by Gasteiger charge is -2.12. The standard InChI is InChI=1S/C16H18N4O2/c1-19(2)16(22)14-15(20(3)11-21)18-13(17-14)10-9-12-7-5-4-6-8-12/h4-11H,1-3H3,(H,17,18)/b10-9+. The fourth-order valence-corrected chi connectivity index (χ4v) is 1.88. The highest BCUT2D eigenvalue weighted by Crippen LogP contribution is 2.18. The van der Waals surface area contributed by atoms with Crippen molar-refractivity contribution in [1.29, 1.82) is 0 Å². The molecule has 0 aliphatic heterocycles. The quantitative estimate of drug-likeness (QED) is 0.857. The third-order valence-corrected chi connectivity index (χ3v) is 3.05. The van der Waals surface area contributed by atoms with Gasteiger partial charge in [0.25, 0.3) is 5.91 Å². The van der Waals surface area contributed by atoms with Crippen molar-refractivity contribution < 1.29 is 9.59 Å². The van der Waals surface area contributed by atoms with Crippen molar-refractivity contribution in [3.05, 3.63) is 47.4 Å². The number of aromatic nitrogens is 2. The van der Waals surface area contributed by atoms with Crippen LogP contribution in [0.25, 0.3) is 12.2 Å². The molecule has 0 spiro atoms. The second-order valence-corrected chi connectivity index (χ2v) is 4.98. The normalized spacial score (nSPS) is 10.7. The highest BCUT2D eigenvalue weighted by Gasteiger charge is 2.20. The molecule has 1 aromatic heterocycles. The number of hydrogen-bond donors (Lipinski definition) is 1. The van der Waals surface area contributed by atoms with Crippen LogP contribution < -0.4 is 4.90 Å². The second-order valence-electron chi connectivity index (χ2n) is 4.98. The molecule has 2 amide bonds. The summed E-state index contributed by atoms with van der Waals surface area (Å²) in [4.78, 5) is 33.1. The molecule has 0 fully saturated rings. The number of aromatic amines is 1. The number of H-pyrrole nitrogens is 1. The van der Waals surface area contributed by atoms with E-state index in [1.807, 2.05) is 36.4 Å². The molecule has 2 aromatic rings. The Hall–Kier alpha value is -2.89. The monoisotopic (exact) mass is 298 g/mol. The maximum Gasteiger partial charge on any atom is 0.273 e. The minimum absolute atomic E-state index is 0.240. The van der Waals surface area contributed by atoms with Crippen LogP contribution in [0.15, 0.2) is 30.3 Å². The molecule has 1 N–H and O–H groups in total. The number of carbonyl (C=O) groups is 2. The topological polar surface area (TPSA) is 69.3 Å². The molecule has 0 atom stereocenters. The molecular weight excluding hydrogens is 280 g/mol. The molecule has 22 heavy (non-hydrogen) atoms. The molecule has 1 aromatic carbocycles. The van der Waals surface area contributed by atoms with E-state index in [1.165, 1.54) is 9.80 Å². The Morgan fingerprint density at radius 2 is 1.82 bits per heavy atom. The number of carbonyl (C=O) groups excluding carboxylic acids is 2. The van der Waals surface area contributed by atoms with E-state index >= 15 is 0 Å². The first-order valence-corrected chi connectivity index (χ1v) is 6.76. The highest BCUT2D eigenvalue weighted by molar-refractivity contribution is 5.99. The summed E-state index contributed by atoms with van der Waals surface area (Å²) in [6, 6.07) is 9.74. The summed E-state index contributed by atoms with van der Waals surface area (Å²) in [6.45, 7) is 0. The first-order chi connectivity index (χ1) is 10.5. The van der Waals surface area contributed by atoms with Crippen LogP contribution in [0.3, 0.4) is 0 Å². The summed E-state index contributed by atoms with van der Waals surface area (Å²) in [6.07, 6.45) is 4.27. The van der Waals surface area contributed by atoms with Crippen molar-refractivity contribution in [2.75, 3.05) is 26.0 Å². The average molecular weight is 298 g/mol. The van der Waals surface area contributed by atoms with Crippen molar-refractivity contribution in [2.45, 2.75) is 0 Å². The Morgan fingerprint density at radius 3 is 2.41 bits per heavy atom. The zero-order chi connectivity index (χ0) is 16.1. The van der Waals surface area contributed by atoms with Gasteiger partial charge in [0.15, 0.2) is 5.82 Å². The van der Waals surface area contributed by atoms with Crippen LogP contribution in [0.5, 0.6) is 0 Å². The first kappa shape index (κ1) is 15.5. The Balaban J connectivity index is 2.35. The number of nitrogens with one attached hydrogen (secondary N) is 1. The van der Waals surface area contributed by atoms with E-state index in [4.69, 9.17) is 0 Å². The van der Waals surface area contributed by atoms with E-state index < -0.39 is 0 Å². The summed E-state index contributed by atoms with van der Waals surface area (Å²) in [7, 11) is 4.85. The summed E-state index contributed by atoms with van der Waals surface area (Å²) in [5.74, 6) is 0.578. The molecule has 0 aliphatic rings. The number of imidazole rings is 1. The number of rotatable bonds is 5. The van der Waals surface area contributed by atoms with Crippen molar-refractivity contribution in [3.63, 3.8) is 0 Å². The third kappa shape index (κ3) is 3.41. The summed E-state index contributed by atoms with van der Waals surface area (Å²) in [5, 5.41) is 0. The van der Waals surface area contributed by atoms with E-state index in [9.17, 15) is 9.59 Å². The van der Waals surface area contributed by atoms with Crippen LogP contribution in [0.4, 0.5) is 5.82 Å². The smallest absolute Gasteiger partial charge is 0.273 e. The van der Waals surface area contributed by atoms with Gasteiger partial charge in [-0.1, -0.05) is 36.4 Å². The molecule has 0 radical (unpaired) electrons. The maximum atomic E-state index is 12.2. The Bertz CT molecular complexity index is 689. The molecule has 0 saturated carbocycles. The molecule has 0 unspecified atom stereocenters. The van der Waals surface area contributed by atoms with Gasteiger partial charge in [-0.15, -0.1) is 0 Å². The van der Waals surface area contributed by atoms with Crippen molar-refractivity contribution in [2.24, 2.45) is 0 Å². The largest absolute Gasteiger partial charge is 0.343 e. The molecule has 6 nitrogen and oxygen atoms in total. The van der Waals surface area contributed by atoms with Crippen LogP contribution in [0.2, 0.25) is 0 Å². The Morgan fingerprint density at radius 1 is 1.14 bits per heavy atom. The molecule has 114 valence electrons. The van der Waals surface area contributed by atoms with E-state index in [-0.39, 0.29) is 11.6 Å². The van der Waals surface area contributed by atoms with Crippen molar-refractivity contribution >= 4 is 30.3 Å². The predicted molar refractivity (Wildman–Crippen MR) is 86.4 cm³/mol. The lowest BCUT2D eigenvalue weighted by Crippen LogP contribution is -2.25. The van der Waals surface area contributed by atoms with Gasteiger partial charge >= 0.3 is 0 Å². The summed E-state index contributed by atoms with van der Waals surface area (Å²) >= 11 is 0. The van der Waals surface area contributed by atoms with E-state index in [1.54, 1.807) is 27.2 Å². The summed E-state index contributed by atoms with van der Waals surface area (Å²) in [5.41, 5.74) is 1.30. The first-order valence-electron chi connectivity index (χ1n) is 6.76. The zero-order valence-corrected chi connectivity index (χ0v) is 12.8. The molecule has 1 heterocycles. The van der Waals surface area contributed by atoms with Gasteiger partial charge in [0.2, 0.25) is 6.41 Å². The number of amides is 2. The number of benzene rings is 1. The van der Waals surface area contributed by atoms with Crippen molar-refractivity contribution in [3.8, 4) is 0 Å². The van der Waals surface area contributed by atoms with Crippen LogP contribution in [-0.2, 0) is 4.79 Å². The number of hydrogen-bond acceptors (Lipinski definition) is 3.